The molecular formula is C24H20N2O4. The van der Waals surface area contributed by atoms with Gasteiger partial charge in [0.25, 0.3) is 0 Å². The first-order valence-corrected chi connectivity index (χ1v) is 9.22. The molecule has 0 aliphatic rings. The average Bonchev–Trinajstić information content (AvgIpc) is 2.75. The molecule has 0 atom stereocenters. The molecule has 150 valence electrons. The molecule has 4 rings (SSSR count). The van der Waals surface area contributed by atoms with Gasteiger partial charge in [-0.1, -0.05) is 30.3 Å². The summed E-state index contributed by atoms with van der Waals surface area (Å²) in [5.41, 5.74) is 13.8. The van der Waals surface area contributed by atoms with Crippen molar-refractivity contribution >= 4 is 11.4 Å². The van der Waals surface area contributed by atoms with Crippen LogP contribution in [0.15, 0.2) is 84.9 Å². The number of phenolic OH excluding ortho intramolecular Hbond substituents is 2. The van der Waals surface area contributed by atoms with Crippen molar-refractivity contribution in [3.05, 3.63) is 84.9 Å². The van der Waals surface area contributed by atoms with Crippen LogP contribution in [0.5, 0.6) is 34.5 Å². The predicted molar refractivity (Wildman–Crippen MR) is 117 cm³/mol. The zero-order valence-electron chi connectivity index (χ0n) is 15.9. The smallest absolute Gasteiger partial charge is 0.138 e. The van der Waals surface area contributed by atoms with Crippen molar-refractivity contribution in [2.45, 2.75) is 0 Å². The van der Waals surface area contributed by atoms with E-state index in [1.54, 1.807) is 24.3 Å². The summed E-state index contributed by atoms with van der Waals surface area (Å²) in [5, 5.41) is 19.1. The van der Waals surface area contributed by atoms with Gasteiger partial charge in [0.15, 0.2) is 0 Å². The first-order chi connectivity index (χ1) is 14.5. The van der Waals surface area contributed by atoms with Crippen LogP contribution in [0.1, 0.15) is 0 Å². The minimum Gasteiger partial charge on any atom is -0.506 e. The maximum absolute atomic E-state index is 9.59. The maximum atomic E-state index is 9.59. The van der Waals surface area contributed by atoms with Crippen LogP contribution in [0.2, 0.25) is 0 Å². The van der Waals surface area contributed by atoms with Gasteiger partial charge in [0.05, 0.1) is 11.4 Å². The van der Waals surface area contributed by atoms with E-state index in [1.807, 2.05) is 48.5 Å². The Labute approximate surface area is 173 Å². The molecule has 0 spiro atoms. The summed E-state index contributed by atoms with van der Waals surface area (Å²) in [5.74, 6) is 2.39. The molecule has 0 bridgehead atoms. The van der Waals surface area contributed by atoms with Crippen LogP contribution < -0.4 is 20.9 Å². The average molecular weight is 400 g/mol. The van der Waals surface area contributed by atoms with Crippen molar-refractivity contribution < 1.29 is 19.7 Å². The lowest BCUT2D eigenvalue weighted by molar-refractivity contribution is 0.466. The molecule has 6 N–H and O–H groups in total. The van der Waals surface area contributed by atoms with E-state index in [9.17, 15) is 10.2 Å². The van der Waals surface area contributed by atoms with Gasteiger partial charge in [-0.2, -0.15) is 0 Å². The van der Waals surface area contributed by atoms with Crippen molar-refractivity contribution in [3.8, 4) is 45.6 Å². The van der Waals surface area contributed by atoms with Gasteiger partial charge in [0.1, 0.15) is 34.5 Å². The fourth-order valence-electron chi connectivity index (χ4n) is 2.95. The lowest BCUT2D eigenvalue weighted by atomic mass is 10.0. The van der Waals surface area contributed by atoms with E-state index in [0.29, 0.717) is 23.0 Å². The molecule has 0 aliphatic carbocycles. The molecule has 0 aliphatic heterocycles. The number of benzene rings is 4. The predicted octanol–water partition coefficient (Wildman–Crippen LogP) is 5.51. The molecule has 0 heterocycles. The van der Waals surface area contributed by atoms with E-state index in [0.717, 1.165) is 11.1 Å². The van der Waals surface area contributed by atoms with Gasteiger partial charge >= 0.3 is 0 Å². The van der Waals surface area contributed by atoms with E-state index in [4.69, 9.17) is 20.9 Å². The van der Waals surface area contributed by atoms with Crippen LogP contribution in [0.3, 0.4) is 0 Å². The lowest BCUT2D eigenvalue weighted by Gasteiger charge is -2.13. The molecular weight excluding hydrogens is 380 g/mol. The van der Waals surface area contributed by atoms with E-state index in [1.165, 1.54) is 12.1 Å². The third-order valence-corrected chi connectivity index (χ3v) is 4.51. The number of hydrogen-bond acceptors (Lipinski definition) is 6. The lowest BCUT2D eigenvalue weighted by Crippen LogP contribution is -1.91. The summed E-state index contributed by atoms with van der Waals surface area (Å²) in [7, 11) is 0. The fourth-order valence-corrected chi connectivity index (χ4v) is 2.95. The Morgan fingerprint density at radius 1 is 0.567 bits per heavy atom. The number of rotatable bonds is 5. The maximum Gasteiger partial charge on any atom is 0.138 e. The largest absolute Gasteiger partial charge is 0.506 e. The Morgan fingerprint density at radius 3 is 1.70 bits per heavy atom. The monoisotopic (exact) mass is 400 g/mol. The van der Waals surface area contributed by atoms with Gasteiger partial charge in [0, 0.05) is 17.7 Å². The van der Waals surface area contributed by atoms with E-state index < -0.39 is 0 Å². The highest BCUT2D eigenvalue weighted by Gasteiger charge is 2.09. The number of nitrogen functional groups attached to an aromatic ring is 2. The number of aromatic hydroxyl groups is 2. The van der Waals surface area contributed by atoms with E-state index in [-0.39, 0.29) is 22.9 Å². The quantitative estimate of drug-likeness (QED) is 0.259. The van der Waals surface area contributed by atoms with Crippen molar-refractivity contribution in [1.82, 2.24) is 0 Å². The number of nitrogens with two attached hydrogens (primary N) is 2. The number of phenols is 2. The highest BCUT2D eigenvalue weighted by atomic mass is 16.5. The Morgan fingerprint density at radius 2 is 1.10 bits per heavy atom. The van der Waals surface area contributed by atoms with Gasteiger partial charge < -0.3 is 31.2 Å². The third kappa shape index (κ3) is 4.07. The number of para-hydroxylation sites is 1. The Balaban J connectivity index is 1.57. The molecule has 30 heavy (non-hydrogen) atoms. The third-order valence-electron chi connectivity index (χ3n) is 4.51. The van der Waals surface area contributed by atoms with Gasteiger partial charge in [-0.3, -0.25) is 0 Å². The summed E-state index contributed by atoms with van der Waals surface area (Å²) in [4.78, 5) is 0. The van der Waals surface area contributed by atoms with Gasteiger partial charge in [0.2, 0.25) is 0 Å². The minimum absolute atomic E-state index is 0.0154. The SMILES string of the molecule is Nc1cc(Oc2ccc(-c3ccccc3Oc3ccc(O)c(N)c3)cc2)ccc1O. The number of anilines is 2. The molecule has 4 aromatic rings. The molecule has 0 saturated heterocycles. The van der Waals surface area contributed by atoms with Crippen molar-refractivity contribution in [1.29, 1.82) is 0 Å². The number of hydrogen-bond donors (Lipinski definition) is 4. The van der Waals surface area contributed by atoms with Crippen molar-refractivity contribution in [2.24, 2.45) is 0 Å². The van der Waals surface area contributed by atoms with Crippen LogP contribution in [0, 0.1) is 0 Å². The minimum atomic E-state index is 0.0154. The topological polar surface area (TPSA) is 111 Å². The highest BCUT2D eigenvalue weighted by molar-refractivity contribution is 5.71. The fraction of sp³-hybridized carbons (Fsp3) is 0. The summed E-state index contributed by atoms with van der Waals surface area (Å²) in [6.07, 6.45) is 0. The van der Waals surface area contributed by atoms with Crippen molar-refractivity contribution in [2.75, 3.05) is 11.5 Å². The Kier molecular flexibility index (Phi) is 5.05. The van der Waals surface area contributed by atoms with Gasteiger partial charge in [-0.25, -0.2) is 0 Å². The van der Waals surface area contributed by atoms with Crippen LogP contribution in [-0.4, -0.2) is 10.2 Å². The van der Waals surface area contributed by atoms with E-state index in [2.05, 4.69) is 0 Å². The molecule has 0 saturated carbocycles. The first kappa shape index (κ1) is 19.0. The molecule has 6 heteroatoms. The molecule has 0 amide bonds. The van der Waals surface area contributed by atoms with Gasteiger partial charge in [-0.15, -0.1) is 0 Å². The van der Waals surface area contributed by atoms with Crippen LogP contribution in [-0.2, 0) is 0 Å². The Bertz CT molecular complexity index is 1190. The summed E-state index contributed by atoms with van der Waals surface area (Å²) in [6.45, 7) is 0. The number of ether oxygens (including phenoxy) is 2. The highest BCUT2D eigenvalue weighted by Crippen LogP contribution is 2.36. The normalized spacial score (nSPS) is 10.5. The standard InChI is InChI=1S/C24H20N2O4/c25-20-13-17(9-11-22(20)27)29-16-7-5-15(6-8-16)19-3-1-2-4-24(19)30-18-10-12-23(28)21(26)14-18/h1-14,27-28H,25-26H2. The molecule has 0 fully saturated rings. The Hall–Kier alpha value is -4.32. The molecule has 4 aromatic carbocycles. The van der Waals surface area contributed by atoms with Crippen molar-refractivity contribution in [3.63, 3.8) is 0 Å². The summed E-state index contributed by atoms with van der Waals surface area (Å²) in [6, 6.07) is 24.6. The second-order valence-electron chi connectivity index (χ2n) is 6.67. The second kappa shape index (κ2) is 7.97. The second-order valence-corrected chi connectivity index (χ2v) is 6.67. The molecule has 0 aromatic heterocycles. The van der Waals surface area contributed by atoms with Crippen LogP contribution in [0.4, 0.5) is 11.4 Å². The zero-order chi connectivity index (χ0) is 21.1. The van der Waals surface area contributed by atoms with Gasteiger partial charge in [-0.05, 0) is 48.0 Å². The van der Waals surface area contributed by atoms with E-state index >= 15 is 0 Å². The van der Waals surface area contributed by atoms with Crippen LogP contribution in [0.25, 0.3) is 11.1 Å². The first-order valence-electron chi connectivity index (χ1n) is 9.22. The molecule has 0 unspecified atom stereocenters. The molecule has 6 nitrogen and oxygen atoms in total. The molecule has 0 radical (unpaired) electrons. The summed E-state index contributed by atoms with van der Waals surface area (Å²) >= 11 is 0. The summed E-state index contributed by atoms with van der Waals surface area (Å²) < 4.78 is 11.8. The van der Waals surface area contributed by atoms with Crippen LogP contribution >= 0.6 is 0 Å². The zero-order valence-corrected chi connectivity index (χ0v) is 15.9.